The van der Waals surface area contributed by atoms with Crippen molar-refractivity contribution in [2.75, 3.05) is 31.6 Å². The molecule has 1 aromatic rings. The Morgan fingerprint density at radius 1 is 1.43 bits per heavy atom. The third-order valence-electron chi connectivity index (χ3n) is 3.17. The van der Waals surface area contributed by atoms with Gasteiger partial charge in [0.1, 0.15) is 12.4 Å². The van der Waals surface area contributed by atoms with E-state index in [9.17, 15) is 4.79 Å². The number of amides is 1. The third-order valence-corrected chi connectivity index (χ3v) is 3.17. The molecule has 0 saturated carbocycles. The van der Waals surface area contributed by atoms with Gasteiger partial charge in [0.2, 0.25) is 5.91 Å². The lowest BCUT2D eigenvalue weighted by Gasteiger charge is -2.12. The number of hydrogen-bond donors (Lipinski definition) is 2. The van der Waals surface area contributed by atoms with Crippen LogP contribution in [0.4, 0.5) is 5.69 Å². The Kier molecular flexibility index (Phi) is 6.24. The van der Waals surface area contributed by atoms with Gasteiger partial charge in [0.25, 0.3) is 0 Å². The standard InChI is InChI=1S/C16H22N2O3/c1-2-9-17-11-16(19)18-13-5-7-14(8-6-13)21-12-15-4-3-10-20-15/h2,5-8,15,17H,1,3-4,9-12H2,(H,18,19). The first-order valence-corrected chi connectivity index (χ1v) is 7.24. The summed E-state index contributed by atoms with van der Waals surface area (Å²) in [7, 11) is 0. The highest BCUT2D eigenvalue weighted by Crippen LogP contribution is 2.18. The average molecular weight is 290 g/mol. The molecule has 0 aliphatic carbocycles. The van der Waals surface area contributed by atoms with Crippen LogP contribution in [0.1, 0.15) is 12.8 Å². The van der Waals surface area contributed by atoms with Crippen LogP contribution < -0.4 is 15.4 Å². The Hall–Kier alpha value is -1.85. The van der Waals surface area contributed by atoms with E-state index < -0.39 is 0 Å². The van der Waals surface area contributed by atoms with Gasteiger partial charge in [-0.1, -0.05) is 6.08 Å². The molecule has 2 rings (SSSR count). The molecule has 1 heterocycles. The number of benzene rings is 1. The maximum absolute atomic E-state index is 11.6. The lowest BCUT2D eigenvalue weighted by Crippen LogP contribution is -2.28. The number of hydrogen-bond acceptors (Lipinski definition) is 4. The smallest absolute Gasteiger partial charge is 0.238 e. The van der Waals surface area contributed by atoms with Crippen LogP contribution in [-0.4, -0.2) is 38.3 Å². The van der Waals surface area contributed by atoms with Crippen molar-refractivity contribution in [3.05, 3.63) is 36.9 Å². The molecule has 21 heavy (non-hydrogen) atoms. The Morgan fingerprint density at radius 2 is 2.24 bits per heavy atom. The van der Waals surface area contributed by atoms with Crippen LogP contribution >= 0.6 is 0 Å². The molecular weight excluding hydrogens is 268 g/mol. The Labute approximate surface area is 125 Å². The van der Waals surface area contributed by atoms with Crippen molar-refractivity contribution in [1.82, 2.24) is 5.32 Å². The van der Waals surface area contributed by atoms with Crippen molar-refractivity contribution in [3.8, 4) is 5.75 Å². The van der Waals surface area contributed by atoms with Crippen LogP contribution in [0.2, 0.25) is 0 Å². The number of anilines is 1. The summed E-state index contributed by atoms with van der Waals surface area (Å²) in [4.78, 5) is 11.6. The SMILES string of the molecule is C=CCNCC(=O)Nc1ccc(OCC2CCCO2)cc1. The lowest BCUT2D eigenvalue weighted by atomic mass is 10.2. The van der Waals surface area contributed by atoms with E-state index in [1.165, 1.54) is 0 Å². The second kappa shape index (κ2) is 8.44. The summed E-state index contributed by atoms with van der Waals surface area (Å²) in [6, 6.07) is 7.36. The molecule has 1 saturated heterocycles. The Balaban J connectivity index is 1.73. The predicted molar refractivity (Wildman–Crippen MR) is 82.6 cm³/mol. The molecule has 5 heteroatoms. The van der Waals surface area contributed by atoms with E-state index in [0.29, 0.717) is 13.2 Å². The van der Waals surface area contributed by atoms with Gasteiger partial charge in [-0.05, 0) is 37.1 Å². The predicted octanol–water partition coefficient (Wildman–Crippen LogP) is 1.96. The Bertz CT molecular complexity index is 453. The van der Waals surface area contributed by atoms with Gasteiger partial charge in [0.05, 0.1) is 12.6 Å². The number of nitrogens with one attached hydrogen (secondary N) is 2. The van der Waals surface area contributed by atoms with Crippen LogP contribution in [0.15, 0.2) is 36.9 Å². The topological polar surface area (TPSA) is 59.6 Å². The first-order chi connectivity index (χ1) is 10.3. The van der Waals surface area contributed by atoms with Crippen molar-refractivity contribution in [2.24, 2.45) is 0 Å². The fourth-order valence-electron chi connectivity index (χ4n) is 2.09. The van der Waals surface area contributed by atoms with Crippen molar-refractivity contribution in [1.29, 1.82) is 0 Å². The van der Waals surface area contributed by atoms with Gasteiger partial charge in [0, 0.05) is 18.8 Å². The first-order valence-electron chi connectivity index (χ1n) is 7.24. The van der Waals surface area contributed by atoms with E-state index in [1.54, 1.807) is 6.08 Å². The van der Waals surface area contributed by atoms with Crippen LogP contribution in [0, 0.1) is 0 Å². The van der Waals surface area contributed by atoms with Gasteiger partial charge in [-0.15, -0.1) is 6.58 Å². The molecule has 1 unspecified atom stereocenters. The summed E-state index contributed by atoms with van der Waals surface area (Å²) in [6.07, 6.45) is 4.10. The van der Waals surface area contributed by atoms with Crippen molar-refractivity contribution < 1.29 is 14.3 Å². The second-order valence-electron chi connectivity index (χ2n) is 4.94. The molecule has 0 aromatic heterocycles. The number of rotatable bonds is 8. The highest BCUT2D eigenvalue weighted by Gasteiger charge is 2.15. The zero-order valence-electron chi connectivity index (χ0n) is 12.1. The van der Waals surface area contributed by atoms with E-state index in [4.69, 9.17) is 9.47 Å². The molecule has 0 spiro atoms. The number of carbonyl (C=O) groups is 1. The Morgan fingerprint density at radius 3 is 2.90 bits per heavy atom. The second-order valence-corrected chi connectivity index (χ2v) is 4.94. The average Bonchev–Trinajstić information content (AvgIpc) is 3.00. The molecule has 5 nitrogen and oxygen atoms in total. The quantitative estimate of drug-likeness (QED) is 0.567. The molecule has 1 fully saturated rings. The zero-order chi connectivity index (χ0) is 14.9. The zero-order valence-corrected chi connectivity index (χ0v) is 12.1. The third kappa shape index (κ3) is 5.57. The molecule has 1 atom stereocenters. The minimum Gasteiger partial charge on any atom is -0.491 e. The monoisotopic (exact) mass is 290 g/mol. The summed E-state index contributed by atoms with van der Waals surface area (Å²) in [6.45, 7) is 5.87. The largest absolute Gasteiger partial charge is 0.491 e. The normalized spacial score (nSPS) is 17.4. The van der Waals surface area contributed by atoms with E-state index in [0.717, 1.165) is 30.9 Å². The number of carbonyl (C=O) groups excluding carboxylic acids is 1. The van der Waals surface area contributed by atoms with Gasteiger partial charge < -0.3 is 20.1 Å². The maximum atomic E-state index is 11.6. The number of ether oxygens (including phenoxy) is 2. The molecular formula is C16H22N2O3. The summed E-state index contributed by atoms with van der Waals surface area (Å²) in [5.74, 6) is 0.707. The molecule has 0 radical (unpaired) electrons. The molecule has 1 aliphatic heterocycles. The summed E-state index contributed by atoms with van der Waals surface area (Å²) < 4.78 is 11.2. The van der Waals surface area contributed by atoms with Gasteiger partial charge in [-0.2, -0.15) is 0 Å². The van der Waals surface area contributed by atoms with Crippen LogP contribution in [0.3, 0.4) is 0 Å². The molecule has 0 bridgehead atoms. The van der Waals surface area contributed by atoms with Crippen LogP contribution in [0.25, 0.3) is 0 Å². The van der Waals surface area contributed by atoms with E-state index in [2.05, 4.69) is 17.2 Å². The highest BCUT2D eigenvalue weighted by atomic mass is 16.5. The van der Waals surface area contributed by atoms with E-state index in [-0.39, 0.29) is 18.6 Å². The van der Waals surface area contributed by atoms with E-state index in [1.807, 2.05) is 24.3 Å². The summed E-state index contributed by atoms with van der Waals surface area (Å²) in [5.41, 5.74) is 0.755. The van der Waals surface area contributed by atoms with Crippen LogP contribution in [0.5, 0.6) is 5.75 Å². The molecule has 2 N–H and O–H groups in total. The lowest BCUT2D eigenvalue weighted by molar-refractivity contribution is -0.115. The van der Waals surface area contributed by atoms with Crippen molar-refractivity contribution in [2.45, 2.75) is 18.9 Å². The van der Waals surface area contributed by atoms with Gasteiger partial charge in [-0.3, -0.25) is 4.79 Å². The minimum atomic E-state index is -0.0788. The molecule has 1 aliphatic rings. The summed E-state index contributed by atoms with van der Waals surface area (Å²) >= 11 is 0. The van der Waals surface area contributed by atoms with Gasteiger partial charge in [-0.25, -0.2) is 0 Å². The summed E-state index contributed by atoms with van der Waals surface area (Å²) in [5, 5.41) is 5.76. The van der Waals surface area contributed by atoms with E-state index >= 15 is 0 Å². The highest BCUT2D eigenvalue weighted by molar-refractivity contribution is 5.92. The van der Waals surface area contributed by atoms with Gasteiger partial charge in [0.15, 0.2) is 0 Å². The maximum Gasteiger partial charge on any atom is 0.238 e. The molecule has 1 aromatic carbocycles. The molecule has 1 amide bonds. The van der Waals surface area contributed by atoms with Crippen molar-refractivity contribution >= 4 is 11.6 Å². The fourth-order valence-corrected chi connectivity index (χ4v) is 2.09. The first kappa shape index (κ1) is 15.5. The minimum absolute atomic E-state index is 0.0788. The molecule has 114 valence electrons. The van der Waals surface area contributed by atoms with Gasteiger partial charge >= 0.3 is 0 Å². The fraction of sp³-hybridized carbons (Fsp3) is 0.438. The van der Waals surface area contributed by atoms with Crippen LogP contribution in [-0.2, 0) is 9.53 Å². The van der Waals surface area contributed by atoms with Crippen molar-refractivity contribution in [3.63, 3.8) is 0 Å².